The molecule has 2 rings (SSSR count). The Labute approximate surface area is 165 Å². The maximum absolute atomic E-state index is 12.5. The molecular formula is C21H26N4O3. The number of pyridine rings is 1. The summed E-state index contributed by atoms with van der Waals surface area (Å²) in [6.45, 7) is 1.50. The predicted octanol–water partition coefficient (Wildman–Crippen LogP) is 1.47. The van der Waals surface area contributed by atoms with Gasteiger partial charge in [-0.1, -0.05) is 43.3 Å². The van der Waals surface area contributed by atoms with Crippen molar-refractivity contribution in [2.75, 3.05) is 20.1 Å². The molecule has 2 aromatic rings. The minimum Gasteiger partial charge on any atom is -0.347 e. The van der Waals surface area contributed by atoms with Crippen molar-refractivity contribution in [2.24, 2.45) is 0 Å². The molecule has 1 heterocycles. The van der Waals surface area contributed by atoms with Crippen LogP contribution in [-0.4, -0.2) is 47.7 Å². The van der Waals surface area contributed by atoms with E-state index in [1.807, 2.05) is 48.5 Å². The van der Waals surface area contributed by atoms with Gasteiger partial charge in [-0.15, -0.1) is 0 Å². The van der Waals surface area contributed by atoms with E-state index in [4.69, 9.17) is 0 Å². The van der Waals surface area contributed by atoms with Crippen molar-refractivity contribution in [1.29, 1.82) is 0 Å². The van der Waals surface area contributed by atoms with Crippen molar-refractivity contribution in [3.8, 4) is 0 Å². The van der Waals surface area contributed by atoms with Crippen LogP contribution < -0.4 is 10.6 Å². The van der Waals surface area contributed by atoms with E-state index in [0.29, 0.717) is 12.8 Å². The number of nitrogens with zero attached hydrogens (tertiary/aromatic N) is 2. The van der Waals surface area contributed by atoms with E-state index in [9.17, 15) is 14.4 Å². The van der Waals surface area contributed by atoms with Gasteiger partial charge in [0.2, 0.25) is 17.7 Å². The number of carbonyl (C=O) groups excluding carboxylic acids is 3. The maximum atomic E-state index is 12.5. The van der Waals surface area contributed by atoms with Gasteiger partial charge in [0.1, 0.15) is 0 Å². The Hall–Kier alpha value is -3.22. The molecule has 0 spiro atoms. The summed E-state index contributed by atoms with van der Waals surface area (Å²) in [5, 5.41) is 5.50. The van der Waals surface area contributed by atoms with Crippen LogP contribution in [0.15, 0.2) is 54.7 Å². The number of amides is 3. The Balaban J connectivity index is 1.98. The molecule has 7 heteroatoms. The van der Waals surface area contributed by atoms with Gasteiger partial charge in [0.25, 0.3) is 0 Å². The molecule has 0 aliphatic heterocycles. The molecule has 0 bridgehead atoms. The zero-order valence-corrected chi connectivity index (χ0v) is 16.2. The number of nitrogens with one attached hydrogen (secondary N) is 2. The topological polar surface area (TPSA) is 91.4 Å². The predicted molar refractivity (Wildman–Crippen MR) is 106 cm³/mol. The molecular weight excluding hydrogens is 356 g/mol. The first-order chi connectivity index (χ1) is 13.5. The minimum atomic E-state index is -0.321. The van der Waals surface area contributed by atoms with Gasteiger partial charge < -0.3 is 15.5 Å². The lowest BCUT2D eigenvalue weighted by Gasteiger charge is -2.22. The van der Waals surface area contributed by atoms with Gasteiger partial charge in [-0.3, -0.25) is 19.4 Å². The lowest BCUT2D eigenvalue weighted by atomic mass is 10.0. The normalized spacial score (nSPS) is 11.4. The summed E-state index contributed by atoms with van der Waals surface area (Å²) in [5.41, 5.74) is 1.83. The van der Waals surface area contributed by atoms with Crippen LogP contribution >= 0.6 is 0 Å². The zero-order valence-electron chi connectivity index (χ0n) is 16.2. The van der Waals surface area contributed by atoms with Crippen molar-refractivity contribution in [1.82, 2.24) is 20.5 Å². The third kappa shape index (κ3) is 6.83. The van der Waals surface area contributed by atoms with E-state index in [1.54, 1.807) is 13.1 Å². The van der Waals surface area contributed by atoms with Gasteiger partial charge in [-0.25, -0.2) is 0 Å². The van der Waals surface area contributed by atoms with E-state index >= 15 is 0 Å². The first-order valence-electron chi connectivity index (χ1n) is 9.24. The standard InChI is InChI=1S/C21H26N4O3/c1-3-19(26)23-14-21(28)25(2)15-20(27)24-18(16-9-5-4-6-10-16)13-17-11-7-8-12-22-17/h4-12,18H,3,13-15H2,1-2H3,(H,23,26)(H,24,27). The molecule has 148 valence electrons. The Kier molecular flexibility index (Phi) is 8.14. The SMILES string of the molecule is CCC(=O)NCC(=O)N(C)CC(=O)NC(Cc1ccccn1)c1ccccc1. The second-order valence-electron chi connectivity index (χ2n) is 6.44. The molecule has 0 aliphatic carbocycles. The summed E-state index contributed by atoms with van der Waals surface area (Å²) in [7, 11) is 1.54. The molecule has 2 N–H and O–H groups in total. The first-order valence-corrected chi connectivity index (χ1v) is 9.24. The summed E-state index contributed by atoms with van der Waals surface area (Å²) >= 11 is 0. The number of aromatic nitrogens is 1. The summed E-state index contributed by atoms with van der Waals surface area (Å²) in [5.74, 6) is -0.800. The molecule has 0 saturated heterocycles. The molecule has 1 aromatic heterocycles. The van der Waals surface area contributed by atoms with Crippen LogP contribution in [-0.2, 0) is 20.8 Å². The van der Waals surface area contributed by atoms with Crippen molar-refractivity contribution in [3.63, 3.8) is 0 Å². The fourth-order valence-electron chi connectivity index (χ4n) is 2.64. The van der Waals surface area contributed by atoms with Gasteiger partial charge in [0.15, 0.2) is 0 Å². The number of likely N-dealkylation sites (N-methyl/N-ethyl adjacent to an activating group) is 1. The van der Waals surface area contributed by atoms with Gasteiger partial charge >= 0.3 is 0 Å². The van der Waals surface area contributed by atoms with Gasteiger partial charge in [0, 0.05) is 31.8 Å². The number of hydrogen-bond acceptors (Lipinski definition) is 4. The van der Waals surface area contributed by atoms with Gasteiger partial charge in [0.05, 0.1) is 19.1 Å². The number of rotatable bonds is 9. The first kappa shape index (κ1) is 21.1. The van der Waals surface area contributed by atoms with E-state index in [-0.39, 0.29) is 36.9 Å². The van der Waals surface area contributed by atoms with Crippen LogP contribution in [0.3, 0.4) is 0 Å². The average molecular weight is 382 g/mol. The van der Waals surface area contributed by atoms with Crippen LogP contribution in [0.5, 0.6) is 0 Å². The fraction of sp³-hybridized carbons (Fsp3) is 0.333. The third-order valence-electron chi connectivity index (χ3n) is 4.24. The lowest BCUT2D eigenvalue weighted by Crippen LogP contribution is -2.44. The highest BCUT2D eigenvalue weighted by atomic mass is 16.2. The molecule has 28 heavy (non-hydrogen) atoms. The van der Waals surface area contributed by atoms with E-state index in [2.05, 4.69) is 15.6 Å². The number of benzene rings is 1. The van der Waals surface area contributed by atoms with Crippen molar-refractivity contribution < 1.29 is 14.4 Å². The second kappa shape index (κ2) is 10.8. The highest BCUT2D eigenvalue weighted by Gasteiger charge is 2.19. The Bertz CT molecular complexity index is 781. The summed E-state index contributed by atoms with van der Waals surface area (Å²) in [4.78, 5) is 41.5. The van der Waals surface area contributed by atoms with Crippen LogP contribution in [0.1, 0.15) is 30.6 Å². The van der Waals surface area contributed by atoms with Gasteiger partial charge in [-0.05, 0) is 17.7 Å². The van der Waals surface area contributed by atoms with Crippen molar-refractivity contribution >= 4 is 17.7 Å². The molecule has 1 aromatic carbocycles. The number of carbonyl (C=O) groups is 3. The largest absolute Gasteiger partial charge is 0.347 e. The quantitative estimate of drug-likeness (QED) is 0.687. The summed E-state index contributed by atoms with van der Waals surface area (Å²) in [6.07, 6.45) is 2.57. The van der Waals surface area contributed by atoms with Crippen molar-refractivity contribution in [2.45, 2.75) is 25.8 Å². The fourth-order valence-corrected chi connectivity index (χ4v) is 2.64. The smallest absolute Gasteiger partial charge is 0.242 e. The van der Waals surface area contributed by atoms with E-state index < -0.39 is 0 Å². The third-order valence-corrected chi connectivity index (χ3v) is 4.24. The summed E-state index contributed by atoms with van der Waals surface area (Å²) < 4.78 is 0. The van der Waals surface area contributed by atoms with Gasteiger partial charge in [-0.2, -0.15) is 0 Å². The second-order valence-corrected chi connectivity index (χ2v) is 6.44. The molecule has 0 fully saturated rings. The molecule has 0 aliphatic rings. The Morgan fingerprint density at radius 2 is 1.75 bits per heavy atom. The molecule has 7 nitrogen and oxygen atoms in total. The number of hydrogen-bond donors (Lipinski definition) is 2. The summed E-state index contributed by atoms with van der Waals surface area (Å²) in [6, 6.07) is 15.0. The maximum Gasteiger partial charge on any atom is 0.242 e. The van der Waals surface area contributed by atoms with Crippen molar-refractivity contribution in [3.05, 3.63) is 66.0 Å². The average Bonchev–Trinajstić information content (AvgIpc) is 2.72. The van der Waals surface area contributed by atoms with Crippen LogP contribution in [0.2, 0.25) is 0 Å². The molecule has 1 unspecified atom stereocenters. The molecule has 1 atom stereocenters. The Morgan fingerprint density at radius 3 is 2.39 bits per heavy atom. The highest BCUT2D eigenvalue weighted by Crippen LogP contribution is 2.17. The Morgan fingerprint density at radius 1 is 1.04 bits per heavy atom. The highest BCUT2D eigenvalue weighted by molar-refractivity contribution is 5.88. The minimum absolute atomic E-state index is 0.0909. The zero-order chi connectivity index (χ0) is 20.4. The molecule has 0 saturated carbocycles. The van der Waals surface area contributed by atoms with E-state index in [0.717, 1.165) is 11.3 Å². The molecule has 3 amide bonds. The monoisotopic (exact) mass is 382 g/mol. The lowest BCUT2D eigenvalue weighted by molar-refractivity contribution is -0.135. The van der Waals surface area contributed by atoms with Crippen LogP contribution in [0.25, 0.3) is 0 Å². The van der Waals surface area contributed by atoms with E-state index in [1.165, 1.54) is 11.9 Å². The van der Waals surface area contributed by atoms with Crippen LogP contribution in [0, 0.1) is 0 Å². The van der Waals surface area contributed by atoms with Crippen LogP contribution in [0.4, 0.5) is 0 Å². The molecule has 0 radical (unpaired) electrons.